The number of hydrogen-bond acceptors (Lipinski definition) is 1. The van der Waals surface area contributed by atoms with Gasteiger partial charge in [-0.1, -0.05) is 85.5 Å². The molecule has 1 unspecified atom stereocenters. The molecule has 1 heteroatoms. The van der Waals surface area contributed by atoms with Crippen LogP contribution in [-0.4, -0.2) is 12.6 Å². The monoisotopic (exact) mass is 255 g/mol. The SMILES string of the molecule is CCCCCCCCCC(NCC)C(CC)CC. The molecule has 1 N–H and O–H groups in total. The summed E-state index contributed by atoms with van der Waals surface area (Å²) >= 11 is 0. The Morgan fingerprint density at radius 1 is 0.722 bits per heavy atom. The maximum Gasteiger partial charge on any atom is 0.00950 e. The van der Waals surface area contributed by atoms with E-state index >= 15 is 0 Å². The second-order valence-electron chi connectivity index (χ2n) is 5.65. The Morgan fingerprint density at radius 3 is 1.78 bits per heavy atom. The summed E-state index contributed by atoms with van der Waals surface area (Å²) < 4.78 is 0. The number of nitrogens with one attached hydrogen (secondary N) is 1. The van der Waals surface area contributed by atoms with Gasteiger partial charge in [0.15, 0.2) is 0 Å². The van der Waals surface area contributed by atoms with Gasteiger partial charge in [0.2, 0.25) is 0 Å². The Labute approximate surface area is 116 Å². The molecule has 0 rings (SSSR count). The van der Waals surface area contributed by atoms with Crippen molar-refractivity contribution in [3.8, 4) is 0 Å². The van der Waals surface area contributed by atoms with Gasteiger partial charge in [0, 0.05) is 6.04 Å². The van der Waals surface area contributed by atoms with Crippen LogP contribution in [0.3, 0.4) is 0 Å². The summed E-state index contributed by atoms with van der Waals surface area (Å²) in [6, 6.07) is 0.764. The zero-order valence-electron chi connectivity index (χ0n) is 13.4. The zero-order valence-corrected chi connectivity index (χ0v) is 13.4. The smallest absolute Gasteiger partial charge is 0.00950 e. The van der Waals surface area contributed by atoms with Gasteiger partial charge >= 0.3 is 0 Å². The van der Waals surface area contributed by atoms with Crippen LogP contribution in [0.25, 0.3) is 0 Å². The standard InChI is InChI=1S/C17H37N/c1-5-9-10-11-12-13-14-15-17(18-8-4)16(6-2)7-3/h16-18H,5-15H2,1-4H3. The van der Waals surface area contributed by atoms with Crippen LogP contribution in [0, 0.1) is 5.92 Å². The van der Waals surface area contributed by atoms with Crippen molar-refractivity contribution >= 4 is 0 Å². The van der Waals surface area contributed by atoms with E-state index in [2.05, 4.69) is 33.0 Å². The molecule has 1 nitrogen and oxygen atoms in total. The minimum atomic E-state index is 0.764. The van der Waals surface area contributed by atoms with Crippen LogP contribution in [-0.2, 0) is 0 Å². The van der Waals surface area contributed by atoms with E-state index in [4.69, 9.17) is 0 Å². The van der Waals surface area contributed by atoms with E-state index in [0.717, 1.165) is 18.5 Å². The second kappa shape index (κ2) is 13.4. The van der Waals surface area contributed by atoms with E-state index in [9.17, 15) is 0 Å². The van der Waals surface area contributed by atoms with Crippen molar-refractivity contribution in [2.75, 3.05) is 6.54 Å². The molecule has 0 radical (unpaired) electrons. The quantitative estimate of drug-likeness (QED) is 0.426. The average molecular weight is 255 g/mol. The average Bonchev–Trinajstić information content (AvgIpc) is 2.39. The largest absolute Gasteiger partial charge is 0.314 e. The Bertz CT molecular complexity index is 152. The van der Waals surface area contributed by atoms with Crippen LogP contribution in [0.1, 0.15) is 91.9 Å². The molecule has 110 valence electrons. The van der Waals surface area contributed by atoms with Crippen molar-refractivity contribution in [1.82, 2.24) is 5.32 Å². The maximum absolute atomic E-state index is 3.70. The number of hydrogen-bond donors (Lipinski definition) is 1. The summed E-state index contributed by atoms with van der Waals surface area (Å²) in [7, 11) is 0. The fourth-order valence-corrected chi connectivity index (χ4v) is 2.95. The van der Waals surface area contributed by atoms with Crippen molar-refractivity contribution in [2.45, 2.75) is 97.9 Å². The van der Waals surface area contributed by atoms with E-state index in [1.165, 1.54) is 64.2 Å². The van der Waals surface area contributed by atoms with Gasteiger partial charge in [-0.05, 0) is 18.9 Å². The molecule has 0 aromatic rings. The summed E-state index contributed by atoms with van der Waals surface area (Å²) in [5.74, 6) is 0.880. The summed E-state index contributed by atoms with van der Waals surface area (Å²) in [5.41, 5.74) is 0. The second-order valence-corrected chi connectivity index (χ2v) is 5.65. The van der Waals surface area contributed by atoms with Crippen molar-refractivity contribution in [2.24, 2.45) is 5.92 Å². The lowest BCUT2D eigenvalue weighted by Gasteiger charge is -2.26. The van der Waals surface area contributed by atoms with Gasteiger partial charge < -0.3 is 5.32 Å². The molecule has 0 aromatic carbocycles. The highest BCUT2D eigenvalue weighted by Gasteiger charge is 2.16. The lowest BCUT2D eigenvalue weighted by atomic mass is 9.90. The molecule has 18 heavy (non-hydrogen) atoms. The van der Waals surface area contributed by atoms with Crippen molar-refractivity contribution < 1.29 is 0 Å². The third kappa shape index (κ3) is 8.97. The number of unbranched alkanes of at least 4 members (excludes halogenated alkanes) is 6. The van der Waals surface area contributed by atoms with Gasteiger partial charge in [-0.25, -0.2) is 0 Å². The first-order chi connectivity index (χ1) is 8.79. The van der Waals surface area contributed by atoms with E-state index in [-0.39, 0.29) is 0 Å². The van der Waals surface area contributed by atoms with Crippen molar-refractivity contribution in [1.29, 1.82) is 0 Å². The highest BCUT2D eigenvalue weighted by atomic mass is 14.9. The molecule has 0 aliphatic rings. The third-order valence-electron chi connectivity index (χ3n) is 4.20. The van der Waals surface area contributed by atoms with Gasteiger partial charge in [0.05, 0.1) is 0 Å². The zero-order chi connectivity index (χ0) is 13.6. The van der Waals surface area contributed by atoms with Crippen LogP contribution in [0.2, 0.25) is 0 Å². The molecule has 0 fully saturated rings. The van der Waals surface area contributed by atoms with E-state index in [1.807, 2.05) is 0 Å². The lowest BCUT2D eigenvalue weighted by Crippen LogP contribution is -2.35. The molecule has 0 amide bonds. The van der Waals surface area contributed by atoms with Gasteiger partial charge in [-0.15, -0.1) is 0 Å². The van der Waals surface area contributed by atoms with Crippen LogP contribution >= 0.6 is 0 Å². The normalized spacial score (nSPS) is 13.2. The highest BCUT2D eigenvalue weighted by molar-refractivity contribution is 4.74. The van der Waals surface area contributed by atoms with Gasteiger partial charge in [0.25, 0.3) is 0 Å². The van der Waals surface area contributed by atoms with E-state index < -0.39 is 0 Å². The molecule has 0 heterocycles. The van der Waals surface area contributed by atoms with Crippen molar-refractivity contribution in [3.63, 3.8) is 0 Å². The van der Waals surface area contributed by atoms with Gasteiger partial charge in [-0.2, -0.15) is 0 Å². The van der Waals surface area contributed by atoms with Crippen LogP contribution in [0.4, 0.5) is 0 Å². The Balaban J connectivity index is 3.63. The first-order valence-corrected chi connectivity index (χ1v) is 8.53. The molecule has 0 saturated carbocycles. The molecule has 1 atom stereocenters. The fraction of sp³-hybridized carbons (Fsp3) is 1.00. The molecule has 0 aliphatic carbocycles. The van der Waals surface area contributed by atoms with Gasteiger partial charge in [-0.3, -0.25) is 0 Å². The molecule has 0 saturated heterocycles. The molecular formula is C17H37N. The Hall–Kier alpha value is -0.0400. The topological polar surface area (TPSA) is 12.0 Å². The molecule has 0 spiro atoms. The first-order valence-electron chi connectivity index (χ1n) is 8.53. The summed E-state index contributed by atoms with van der Waals surface area (Å²) in [6.07, 6.45) is 14.0. The molecular weight excluding hydrogens is 218 g/mol. The predicted octanol–water partition coefficient (Wildman–Crippen LogP) is 5.54. The molecule has 0 aromatic heterocycles. The number of rotatable bonds is 13. The van der Waals surface area contributed by atoms with Crippen LogP contribution in [0.5, 0.6) is 0 Å². The molecule has 0 bridgehead atoms. The Kier molecular flexibility index (Phi) is 13.4. The minimum absolute atomic E-state index is 0.764. The Morgan fingerprint density at radius 2 is 1.28 bits per heavy atom. The minimum Gasteiger partial charge on any atom is -0.314 e. The highest BCUT2D eigenvalue weighted by Crippen LogP contribution is 2.19. The summed E-state index contributed by atoms with van der Waals surface area (Å²) in [6.45, 7) is 10.3. The van der Waals surface area contributed by atoms with Crippen molar-refractivity contribution in [3.05, 3.63) is 0 Å². The van der Waals surface area contributed by atoms with E-state index in [1.54, 1.807) is 0 Å². The predicted molar refractivity (Wildman–Crippen MR) is 84.1 cm³/mol. The van der Waals surface area contributed by atoms with Crippen LogP contribution < -0.4 is 5.32 Å². The third-order valence-corrected chi connectivity index (χ3v) is 4.20. The fourth-order valence-electron chi connectivity index (χ4n) is 2.95. The van der Waals surface area contributed by atoms with E-state index in [0.29, 0.717) is 0 Å². The van der Waals surface area contributed by atoms with Gasteiger partial charge in [0.1, 0.15) is 0 Å². The maximum atomic E-state index is 3.70. The molecule has 0 aliphatic heterocycles. The summed E-state index contributed by atoms with van der Waals surface area (Å²) in [5, 5.41) is 3.70. The van der Waals surface area contributed by atoms with Crippen LogP contribution in [0.15, 0.2) is 0 Å². The summed E-state index contributed by atoms with van der Waals surface area (Å²) in [4.78, 5) is 0. The first kappa shape index (κ1) is 18.0. The lowest BCUT2D eigenvalue weighted by molar-refractivity contribution is 0.313.